The lowest BCUT2D eigenvalue weighted by atomic mass is 9.82. The highest BCUT2D eigenvalue weighted by atomic mass is 35.5. The Morgan fingerprint density at radius 2 is 1.87 bits per heavy atom. The molecule has 1 N–H and O–H groups in total. The minimum atomic E-state index is -1.13. The lowest BCUT2D eigenvalue weighted by Crippen LogP contribution is -2.15. The van der Waals surface area contributed by atoms with Gasteiger partial charge in [-0.2, -0.15) is 0 Å². The van der Waals surface area contributed by atoms with Crippen LogP contribution in [0.4, 0.5) is 0 Å². The van der Waals surface area contributed by atoms with Gasteiger partial charge in [0.05, 0.1) is 10.0 Å². The van der Waals surface area contributed by atoms with Gasteiger partial charge >= 0.3 is 5.97 Å². The molecule has 0 aliphatic rings. The van der Waals surface area contributed by atoms with Crippen molar-refractivity contribution in [3.8, 4) is 5.75 Å². The summed E-state index contributed by atoms with van der Waals surface area (Å²) in [6.45, 7) is 6.38. The zero-order valence-corrected chi connectivity index (χ0v) is 14.7. The average Bonchev–Trinajstić information content (AvgIpc) is 2.95. The van der Waals surface area contributed by atoms with Gasteiger partial charge in [-0.15, -0.1) is 0 Å². The van der Waals surface area contributed by atoms with Crippen LogP contribution in [-0.2, 0) is 12.0 Å². The van der Waals surface area contributed by atoms with E-state index in [1.165, 1.54) is 6.07 Å². The first-order chi connectivity index (χ1) is 10.7. The van der Waals surface area contributed by atoms with Gasteiger partial charge in [0.25, 0.3) is 0 Å². The number of halogens is 2. The van der Waals surface area contributed by atoms with Crippen LogP contribution in [0.3, 0.4) is 0 Å². The van der Waals surface area contributed by atoms with Crippen LogP contribution in [-0.4, -0.2) is 11.1 Å². The molecule has 1 aromatic carbocycles. The highest BCUT2D eigenvalue weighted by Crippen LogP contribution is 2.39. The van der Waals surface area contributed by atoms with Crippen LogP contribution in [0.15, 0.2) is 28.7 Å². The highest BCUT2D eigenvalue weighted by molar-refractivity contribution is 6.37. The summed E-state index contributed by atoms with van der Waals surface area (Å²) < 4.78 is 10.7. The number of aromatic carboxylic acids is 1. The van der Waals surface area contributed by atoms with E-state index in [-0.39, 0.29) is 17.8 Å². The number of hydrogen-bond acceptors (Lipinski definition) is 3. The molecule has 0 radical (unpaired) electrons. The maximum Gasteiger partial charge on any atom is 0.371 e. The Balaban J connectivity index is 2.18. The molecule has 0 atom stereocenters. The van der Waals surface area contributed by atoms with Crippen LogP contribution < -0.4 is 4.74 Å². The molecule has 23 heavy (non-hydrogen) atoms. The van der Waals surface area contributed by atoms with E-state index in [0.29, 0.717) is 21.6 Å². The lowest BCUT2D eigenvalue weighted by molar-refractivity contribution is 0.0658. The number of carbonyl (C=O) groups is 1. The Labute approximate surface area is 145 Å². The molecule has 0 aliphatic heterocycles. The topological polar surface area (TPSA) is 59.7 Å². The van der Waals surface area contributed by atoms with E-state index in [9.17, 15) is 4.79 Å². The smallest absolute Gasteiger partial charge is 0.371 e. The summed E-state index contributed by atoms with van der Waals surface area (Å²) in [7, 11) is 0. The van der Waals surface area contributed by atoms with Gasteiger partial charge in [-0.25, -0.2) is 4.79 Å². The molecule has 0 unspecified atom stereocenters. The van der Waals surface area contributed by atoms with Crippen LogP contribution in [0, 0.1) is 0 Å². The highest BCUT2D eigenvalue weighted by Gasteiger charge is 2.21. The van der Waals surface area contributed by atoms with Gasteiger partial charge < -0.3 is 14.3 Å². The van der Waals surface area contributed by atoms with Gasteiger partial charge in [0.2, 0.25) is 5.76 Å². The number of ether oxygens (including phenoxy) is 1. The number of benzene rings is 1. The quantitative estimate of drug-likeness (QED) is 0.736. The Morgan fingerprint density at radius 1 is 1.26 bits per heavy atom. The Kier molecular flexibility index (Phi) is 5.27. The van der Waals surface area contributed by atoms with Crippen molar-refractivity contribution in [2.45, 2.75) is 39.2 Å². The minimum absolute atomic E-state index is 0.0385. The van der Waals surface area contributed by atoms with Gasteiger partial charge in [0.15, 0.2) is 5.75 Å². The van der Waals surface area contributed by atoms with Gasteiger partial charge in [0, 0.05) is 0 Å². The summed E-state index contributed by atoms with van der Waals surface area (Å²) >= 11 is 12.6. The van der Waals surface area contributed by atoms with Crippen molar-refractivity contribution in [3.05, 3.63) is 51.4 Å². The number of carboxylic acids is 1. The molecule has 124 valence electrons. The Bertz CT molecular complexity index is 696. The fraction of sp³-hybridized carbons (Fsp3) is 0.353. The summed E-state index contributed by atoms with van der Waals surface area (Å²) in [6.07, 6.45) is 0.949. The molecule has 0 saturated carbocycles. The van der Waals surface area contributed by atoms with E-state index in [0.717, 1.165) is 12.0 Å². The molecule has 1 aromatic heterocycles. The van der Waals surface area contributed by atoms with Gasteiger partial charge in [0.1, 0.15) is 12.4 Å². The zero-order chi connectivity index (χ0) is 17.2. The van der Waals surface area contributed by atoms with Crippen molar-refractivity contribution in [1.29, 1.82) is 0 Å². The first kappa shape index (κ1) is 17.7. The van der Waals surface area contributed by atoms with E-state index in [1.807, 2.05) is 12.1 Å². The molecule has 6 heteroatoms. The molecular formula is C17H18Cl2O4. The Morgan fingerprint density at radius 3 is 2.35 bits per heavy atom. The van der Waals surface area contributed by atoms with E-state index in [1.54, 1.807) is 6.07 Å². The number of rotatable bonds is 6. The van der Waals surface area contributed by atoms with Gasteiger partial charge in [-0.05, 0) is 41.7 Å². The summed E-state index contributed by atoms with van der Waals surface area (Å²) in [4.78, 5) is 10.8. The molecule has 0 bridgehead atoms. The number of hydrogen-bond donors (Lipinski definition) is 1. The van der Waals surface area contributed by atoms with Crippen molar-refractivity contribution < 1.29 is 19.1 Å². The molecule has 4 nitrogen and oxygen atoms in total. The SMILES string of the molecule is CCC(C)(C)c1cc(Cl)c(OCc2ccc(C(=O)O)o2)c(Cl)c1. The summed E-state index contributed by atoms with van der Waals surface area (Å²) in [5.74, 6) is -0.524. The van der Waals surface area contributed by atoms with E-state index < -0.39 is 5.97 Å². The van der Waals surface area contributed by atoms with Crippen molar-refractivity contribution in [2.75, 3.05) is 0 Å². The van der Waals surface area contributed by atoms with Crippen LogP contribution >= 0.6 is 23.2 Å². The predicted octanol–water partition coefficient (Wildman–Crippen LogP) is 5.55. The van der Waals surface area contributed by atoms with Crippen LogP contribution in [0.5, 0.6) is 5.75 Å². The third-order valence-corrected chi connectivity index (χ3v) is 4.46. The normalized spacial score (nSPS) is 11.5. The van der Waals surface area contributed by atoms with Crippen molar-refractivity contribution in [1.82, 2.24) is 0 Å². The molecule has 0 fully saturated rings. The molecule has 2 aromatic rings. The number of furan rings is 1. The van der Waals surface area contributed by atoms with Crippen molar-refractivity contribution in [3.63, 3.8) is 0 Å². The average molecular weight is 357 g/mol. The molecule has 1 heterocycles. The minimum Gasteiger partial charge on any atom is -0.483 e. The van der Waals surface area contributed by atoms with E-state index in [4.69, 9.17) is 37.5 Å². The van der Waals surface area contributed by atoms with Crippen molar-refractivity contribution in [2.24, 2.45) is 0 Å². The molecule has 0 saturated heterocycles. The number of carboxylic acid groups (broad SMARTS) is 1. The summed E-state index contributed by atoms with van der Waals surface area (Å²) in [5, 5.41) is 9.66. The molecule has 0 aliphatic carbocycles. The third kappa shape index (κ3) is 4.01. The first-order valence-electron chi connectivity index (χ1n) is 7.19. The monoisotopic (exact) mass is 356 g/mol. The second kappa shape index (κ2) is 6.85. The zero-order valence-electron chi connectivity index (χ0n) is 13.2. The molecule has 0 spiro atoms. The largest absolute Gasteiger partial charge is 0.483 e. The predicted molar refractivity (Wildman–Crippen MR) is 89.8 cm³/mol. The summed E-state index contributed by atoms with van der Waals surface area (Å²) in [6, 6.07) is 6.60. The van der Waals surface area contributed by atoms with Crippen LogP contribution in [0.1, 0.15) is 49.1 Å². The first-order valence-corrected chi connectivity index (χ1v) is 7.94. The van der Waals surface area contributed by atoms with Crippen molar-refractivity contribution >= 4 is 29.2 Å². The second-order valence-electron chi connectivity index (χ2n) is 5.87. The maximum absolute atomic E-state index is 10.8. The molecular weight excluding hydrogens is 339 g/mol. The fourth-order valence-corrected chi connectivity index (χ4v) is 2.60. The van der Waals surface area contributed by atoms with E-state index >= 15 is 0 Å². The Hall–Kier alpha value is -1.65. The fourth-order valence-electron chi connectivity index (χ4n) is 2.01. The third-order valence-electron chi connectivity index (χ3n) is 3.89. The lowest BCUT2D eigenvalue weighted by Gasteiger charge is -2.24. The standard InChI is InChI=1S/C17H18Cl2O4/c1-4-17(2,3)10-7-12(18)15(13(19)8-10)22-9-11-5-6-14(23-11)16(20)21/h5-8H,4,9H2,1-3H3,(H,20,21). The summed E-state index contributed by atoms with van der Waals surface area (Å²) in [5.41, 5.74) is 0.997. The molecule has 0 amide bonds. The maximum atomic E-state index is 10.8. The van der Waals surface area contributed by atoms with Crippen LogP contribution in [0.25, 0.3) is 0 Å². The molecule has 2 rings (SSSR count). The van der Waals surface area contributed by atoms with E-state index in [2.05, 4.69) is 20.8 Å². The van der Waals surface area contributed by atoms with Crippen LogP contribution in [0.2, 0.25) is 10.0 Å². The van der Waals surface area contributed by atoms with Gasteiger partial charge in [-0.1, -0.05) is 44.0 Å². The van der Waals surface area contributed by atoms with Gasteiger partial charge in [-0.3, -0.25) is 0 Å². The second-order valence-corrected chi connectivity index (χ2v) is 6.68.